The van der Waals surface area contributed by atoms with Gasteiger partial charge in [0.25, 0.3) is 10.1 Å². The van der Waals surface area contributed by atoms with Gasteiger partial charge in [-0.25, -0.2) is 0 Å². The van der Waals surface area contributed by atoms with Crippen LogP contribution < -0.4 is 0 Å². The Morgan fingerprint density at radius 2 is 1.75 bits per heavy atom. The SMILES string of the molecule is CCC1CC(C)C(S(=O)(=O)O)C(CC)C1C. The van der Waals surface area contributed by atoms with Crippen molar-refractivity contribution >= 4 is 10.1 Å². The Morgan fingerprint density at radius 1 is 1.19 bits per heavy atom. The van der Waals surface area contributed by atoms with Crippen LogP contribution in [0.15, 0.2) is 0 Å². The monoisotopic (exact) mass is 248 g/mol. The van der Waals surface area contributed by atoms with Gasteiger partial charge in [0.15, 0.2) is 0 Å². The molecule has 16 heavy (non-hydrogen) atoms. The van der Waals surface area contributed by atoms with Crippen LogP contribution in [0.5, 0.6) is 0 Å². The van der Waals surface area contributed by atoms with Crippen molar-refractivity contribution in [2.75, 3.05) is 0 Å². The highest BCUT2D eigenvalue weighted by molar-refractivity contribution is 7.86. The van der Waals surface area contributed by atoms with E-state index in [2.05, 4.69) is 13.8 Å². The molecule has 0 amide bonds. The molecule has 5 unspecified atom stereocenters. The molecule has 0 radical (unpaired) electrons. The molecule has 1 saturated carbocycles. The van der Waals surface area contributed by atoms with Gasteiger partial charge in [-0.3, -0.25) is 4.55 Å². The summed E-state index contributed by atoms with van der Waals surface area (Å²) in [5.74, 6) is 1.15. The summed E-state index contributed by atoms with van der Waals surface area (Å²) in [6.07, 6.45) is 2.84. The highest BCUT2D eigenvalue weighted by Gasteiger charge is 2.45. The summed E-state index contributed by atoms with van der Waals surface area (Å²) >= 11 is 0. The molecule has 0 saturated heterocycles. The van der Waals surface area contributed by atoms with Crippen LogP contribution in [-0.4, -0.2) is 18.2 Å². The maximum Gasteiger partial charge on any atom is 0.268 e. The first kappa shape index (κ1) is 14.0. The molecule has 1 aliphatic rings. The van der Waals surface area contributed by atoms with E-state index in [0.717, 1.165) is 19.3 Å². The average molecular weight is 248 g/mol. The number of hydrogen-bond acceptors (Lipinski definition) is 2. The molecule has 0 aromatic carbocycles. The van der Waals surface area contributed by atoms with E-state index < -0.39 is 15.4 Å². The second kappa shape index (κ2) is 5.05. The molecule has 0 aromatic heterocycles. The second-order valence-corrected chi connectivity index (χ2v) is 6.87. The molecule has 1 fully saturated rings. The zero-order valence-corrected chi connectivity index (χ0v) is 11.5. The molecule has 0 heterocycles. The summed E-state index contributed by atoms with van der Waals surface area (Å²) in [7, 11) is -3.90. The lowest BCUT2D eigenvalue weighted by Gasteiger charge is -2.43. The molecule has 1 N–H and O–H groups in total. The minimum atomic E-state index is -3.90. The molecule has 96 valence electrons. The quantitative estimate of drug-likeness (QED) is 0.781. The Balaban J connectivity index is 3.02. The van der Waals surface area contributed by atoms with Crippen molar-refractivity contribution in [3.8, 4) is 0 Å². The maximum atomic E-state index is 11.5. The fourth-order valence-corrected chi connectivity index (χ4v) is 5.13. The zero-order chi connectivity index (χ0) is 12.5. The summed E-state index contributed by atoms with van der Waals surface area (Å²) in [5.41, 5.74) is 0. The van der Waals surface area contributed by atoms with E-state index >= 15 is 0 Å². The molecule has 1 aliphatic carbocycles. The average Bonchev–Trinajstić information content (AvgIpc) is 2.18. The fraction of sp³-hybridized carbons (Fsp3) is 1.00. The van der Waals surface area contributed by atoms with E-state index in [1.165, 1.54) is 0 Å². The lowest BCUT2D eigenvalue weighted by atomic mass is 9.67. The number of rotatable bonds is 3. The van der Waals surface area contributed by atoms with Gasteiger partial charge in [-0.2, -0.15) is 8.42 Å². The zero-order valence-electron chi connectivity index (χ0n) is 10.7. The highest BCUT2D eigenvalue weighted by atomic mass is 32.2. The van der Waals surface area contributed by atoms with Gasteiger partial charge in [-0.15, -0.1) is 0 Å². The third kappa shape index (κ3) is 2.59. The minimum Gasteiger partial charge on any atom is -0.285 e. The first-order valence-corrected chi connectivity index (χ1v) is 7.79. The van der Waals surface area contributed by atoms with Crippen LogP contribution in [-0.2, 0) is 10.1 Å². The van der Waals surface area contributed by atoms with Gasteiger partial charge in [-0.05, 0) is 30.1 Å². The normalized spacial score (nSPS) is 40.9. The van der Waals surface area contributed by atoms with Crippen LogP contribution in [0.2, 0.25) is 0 Å². The summed E-state index contributed by atoms with van der Waals surface area (Å²) in [6.45, 7) is 8.26. The highest BCUT2D eigenvalue weighted by Crippen LogP contribution is 2.43. The van der Waals surface area contributed by atoms with Crippen LogP contribution in [0, 0.1) is 23.7 Å². The smallest absolute Gasteiger partial charge is 0.268 e. The predicted octanol–water partition coefficient (Wildman–Crippen LogP) is 2.97. The van der Waals surface area contributed by atoms with E-state index in [0.29, 0.717) is 11.8 Å². The molecule has 5 atom stereocenters. The van der Waals surface area contributed by atoms with Crippen LogP contribution in [0.25, 0.3) is 0 Å². The molecule has 1 rings (SSSR count). The molecule has 0 aromatic rings. The lowest BCUT2D eigenvalue weighted by Crippen LogP contribution is -2.45. The number of hydrogen-bond donors (Lipinski definition) is 1. The molecule has 0 spiro atoms. The molecular formula is C12H24O3S. The topological polar surface area (TPSA) is 54.4 Å². The van der Waals surface area contributed by atoms with Gasteiger partial charge in [0.2, 0.25) is 0 Å². The Bertz CT molecular complexity index is 323. The summed E-state index contributed by atoms with van der Waals surface area (Å²) in [6, 6.07) is 0. The van der Waals surface area contributed by atoms with Gasteiger partial charge in [0, 0.05) is 0 Å². The second-order valence-electron chi connectivity index (χ2n) is 5.29. The van der Waals surface area contributed by atoms with Crippen LogP contribution in [0.4, 0.5) is 0 Å². The largest absolute Gasteiger partial charge is 0.285 e. The maximum absolute atomic E-state index is 11.5. The predicted molar refractivity (Wildman–Crippen MR) is 65.8 cm³/mol. The molecular weight excluding hydrogens is 224 g/mol. The van der Waals surface area contributed by atoms with Gasteiger partial charge < -0.3 is 0 Å². The van der Waals surface area contributed by atoms with E-state index in [-0.39, 0.29) is 11.8 Å². The lowest BCUT2D eigenvalue weighted by molar-refractivity contribution is 0.119. The Labute approximate surface area is 99.4 Å². The van der Waals surface area contributed by atoms with Gasteiger partial charge in [0.05, 0.1) is 5.25 Å². The Kier molecular flexibility index (Phi) is 4.41. The van der Waals surface area contributed by atoms with Crippen molar-refractivity contribution in [1.82, 2.24) is 0 Å². The fourth-order valence-electron chi connectivity index (χ4n) is 3.55. The summed E-state index contributed by atoms with van der Waals surface area (Å²) < 4.78 is 32.3. The van der Waals surface area contributed by atoms with Crippen LogP contribution >= 0.6 is 0 Å². The van der Waals surface area contributed by atoms with Crippen LogP contribution in [0.1, 0.15) is 47.0 Å². The standard InChI is InChI=1S/C12H24O3S/c1-5-10-7-8(3)12(16(13,14)15)11(6-2)9(10)4/h8-12H,5-7H2,1-4H3,(H,13,14,15). The first-order valence-electron chi connectivity index (χ1n) is 6.29. The van der Waals surface area contributed by atoms with Gasteiger partial charge in [-0.1, -0.05) is 40.5 Å². The van der Waals surface area contributed by atoms with Gasteiger partial charge in [0.1, 0.15) is 0 Å². The Hall–Kier alpha value is -0.0900. The van der Waals surface area contributed by atoms with E-state index in [4.69, 9.17) is 0 Å². The van der Waals surface area contributed by atoms with E-state index in [9.17, 15) is 13.0 Å². The minimum absolute atomic E-state index is 0.0705. The third-order valence-corrected chi connectivity index (χ3v) is 5.92. The van der Waals surface area contributed by atoms with Crippen molar-refractivity contribution < 1.29 is 13.0 Å². The third-order valence-electron chi connectivity index (χ3n) is 4.42. The van der Waals surface area contributed by atoms with Crippen molar-refractivity contribution in [3.05, 3.63) is 0 Å². The van der Waals surface area contributed by atoms with Crippen molar-refractivity contribution in [1.29, 1.82) is 0 Å². The van der Waals surface area contributed by atoms with Crippen molar-refractivity contribution in [2.24, 2.45) is 23.7 Å². The van der Waals surface area contributed by atoms with Crippen molar-refractivity contribution in [3.63, 3.8) is 0 Å². The summed E-state index contributed by atoms with van der Waals surface area (Å²) in [4.78, 5) is 0. The molecule has 0 bridgehead atoms. The van der Waals surface area contributed by atoms with E-state index in [1.807, 2.05) is 13.8 Å². The summed E-state index contributed by atoms with van der Waals surface area (Å²) in [5, 5.41) is -0.560. The molecule has 0 aliphatic heterocycles. The van der Waals surface area contributed by atoms with E-state index in [1.54, 1.807) is 0 Å². The van der Waals surface area contributed by atoms with Gasteiger partial charge >= 0.3 is 0 Å². The molecule has 4 heteroatoms. The molecule has 3 nitrogen and oxygen atoms in total. The van der Waals surface area contributed by atoms with Crippen molar-refractivity contribution in [2.45, 2.75) is 52.2 Å². The Morgan fingerprint density at radius 3 is 2.12 bits per heavy atom. The van der Waals surface area contributed by atoms with Crippen LogP contribution in [0.3, 0.4) is 0 Å². The first-order chi connectivity index (χ1) is 7.32.